The van der Waals surface area contributed by atoms with Crippen molar-refractivity contribution in [2.45, 2.75) is 26.4 Å². The molecule has 0 aliphatic heterocycles. The van der Waals surface area contributed by atoms with Gasteiger partial charge in [-0.15, -0.1) is 0 Å². The van der Waals surface area contributed by atoms with Gasteiger partial charge in [0.2, 0.25) is 21.8 Å². The summed E-state index contributed by atoms with van der Waals surface area (Å²) in [6, 6.07) is 9.43. The first-order valence-electron chi connectivity index (χ1n) is 10.1. The molecule has 0 heterocycles. The molecule has 2 amide bonds. The van der Waals surface area contributed by atoms with Gasteiger partial charge >= 0.3 is 0 Å². The number of amides is 2. The minimum atomic E-state index is -3.93. The molecule has 0 saturated carbocycles. The summed E-state index contributed by atoms with van der Waals surface area (Å²) >= 11 is 5.81. The predicted octanol–water partition coefficient (Wildman–Crippen LogP) is 2.81. The van der Waals surface area contributed by atoms with E-state index in [4.69, 9.17) is 16.3 Å². The number of hydrogen-bond donors (Lipinski definition) is 1. The number of anilines is 1. The van der Waals surface area contributed by atoms with Gasteiger partial charge in [0.25, 0.3) is 0 Å². The Morgan fingerprint density at radius 2 is 1.82 bits per heavy atom. The lowest BCUT2D eigenvalue weighted by molar-refractivity contribution is -0.139. The Hall–Kier alpha value is -2.85. The summed E-state index contributed by atoms with van der Waals surface area (Å²) in [5.41, 5.74) is 0.753. The zero-order valence-corrected chi connectivity index (χ0v) is 20.4. The molecule has 180 valence electrons. The number of nitrogens with zero attached hydrogens (tertiary/aromatic N) is 2. The van der Waals surface area contributed by atoms with Crippen LogP contribution in [0.15, 0.2) is 42.5 Å². The van der Waals surface area contributed by atoms with Crippen LogP contribution in [0.25, 0.3) is 0 Å². The summed E-state index contributed by atoms with van der Waals surface area (Å²) in [5, 5.41) is 2.39. The molecule has 0 fully saturated rings. The van der Waals surface area contributed by atoms with Crippen molar-refractivity contribution in [2.75, 3.05) is 30.8 Å². The lowest BCUT2D eigenvalue weighted by Crippen LogP contribution is -2.51. The predicted molar refractivity (Wildman–Crippen MR) is 125 cm³/mol. The van der Waals surface area contributed by atoms with Crippen LogP contribution in [-0.2, 0) is 26.2 Å². The highest BCUT2D eigenvalue weighted by Gasteiger charge is 2.30. The molecule has 0 bridgehead atoms. The molecular formula is C22H27ClFN3O5S. The molecule has 2 aromatic rings. The quantitative estimate of drug-likeness (QED) is 0.542. The largest absolute Gasteiger partial charge is 0.497 e. The highest BCUT2D eigenvalue weighted by molar-refractivity contribution is 7.92. The van der Waals surface area contributed by atoms with Crippen LogP contribution in [0.2, 0.25) is 5.02 Å². The number of ether oxygens (including phenoxy) is 1. The maximum atomic E-state index is 13.6. The van der Waals surface area contributed by atoms with Gasteiger partial charge in [0, 0.05) is 13.1 Å². The van der Waals surface area contributed by atoms with Crippen LogP contribution in [0.4, 0.5) is 10.1 Å². The molecule has 2 aromatic carbocycles. The van der Waals surface area contributed by atoms with E-state index in [0.29, 0.717) is 12.3 Å². The lowest BCUT2D eigenvalue weighted by Gasteiger charge is -2.31. The molecule has 8 nitrogen and oxygen atoms in total. The van der Waals surface area contributed by atoms with Gasteiger partial charge in [-0.2, -0.15) is 0 Å². The zero-order valence-electron chi connectivity index (χ0n) is 18.8. The lowest BCUT2D eigenvalue weighted by atomic mass is 10.1. The van der Waals surface area contributed by atoms with Crippen LogP contribution >= 0.6 is 11.6 Å². The molecule has 11 heteroatoms. The van der Waals surface area contributed by atoms with E-state index in [9.17, 15) is 22.4 Å². The second-order valence-electron chi connectivity index (χ2n) is 7.31. The van der Waals surface area contributed by atoms with Crippen LogP contribution in [0.3, 0.4) is 0 Å². The number of rotatable bonds is 10. The first-order chi connectivity index (χ1) is 15.5. The van der Waals surface area contributed by atoms with E-state index in [0.717, 1.165) is 28.3 Å². The van der Waals surface area contributed by atoms with Gasteiger partial charge in [0.1, 0.15) is 24.2 Å². The van der Waals surface area contributed by atoms with Crippen molar-refractivity contribution >= 4 is 39.1 Å². The molecular weight excluding hydrogens is 473 g/mol. The fourth-order valence-electron chi connectivity index (χ4n) is 3.09. The molecule has 2 rings (SSSR count). The van der Waals surface area contributed by atoms with Gasteiger partial charge in [-0.3, -0.25) is 13.9 Å². The maximum Gasteiger partial charge on any atom is 0.244 e. The van der Waals surface area contributed by atoms with Crippen molar-refractivity contribution in [3.05, 3.63) is 58.9 Å². The second-order valence-corrected chi connectivity index (χ2v) is 9.62. The average Bonchev–Trinajstić information content (AvgIpc) is 2.77. The van der Waals surface area contributed by atoms with Crippen LogP contribution in [-0.4, -0.2) is 57.6 Å². The summed E-state index contributed by atoms with van der Waals surface area (Å²) < 4.78 is 44.4. The van der Waals surface area contributed by atoms with Gasteiger partial charge in [-0.1, -0.05) is 23.7 Å². The Balaban J connectivity index is 2.39. The smallest absolute Gasteiger partial charge is 0.244 e. The van der Waals surface area contributed by atoms with Crippen molar-refractivity contribution in [3.8, 4) is 5.75 Å². The Bertz CT molecular complexity index is 1100. The first kappa shape index (κ1) is 26.4. The minimum Gasteiger partial charge on any atom is -0.497 e. The van der Waals surface area contributed by atoms with Crippen LogP contribution in [0, 0.1) is 5.82 Å². The first-order valence-corrected chi connectivity index (χ1v) is 12.3. The van der Waals surface area contributed by atoms with Gasteiger partial charge in [-0.05, 0) is 49.7 Å². The summed E-state index contributed by atoms with van der Waals surface area (Å²) in [6.45, 7) is 3.15. The van der Waals surface area contributed by atoms with E-state index in [-0.39, 0.29) is 23.2 Å². The van der Waals surface area contributed by atoms with E-state index in [1.807, 2.05) is 0 Å². The molecule has 0 saturated heterocycles. The third-order valence-electron chi connectivity index (χ3n) is 4.90. The number of hydrogen-bond acceptors (Lipinski definition) is 5. The summed E-state index contributed by atoms with van der Waals surface area (Å²) in [7, 11) is -2.40. The normalized spacial score (nSPS) is 12.1. The molecule has 0 aliphatic carbocycles. The standard InChI is InChI=1S/C22H27ClFN3O5S/c1-5-25-22(29)15(2)26(13-16-6-9-18(32-3)10-7-16)21(28)14-27(33(4,30)31)17-8-11-20(24)19(23)12-17/h6-12,15H,5,13-14H2,1-4H3,(H,25,29). The average molecular weight is 500 g/mol. The van der Waals surface area contributed by atoms with E-state index in [2.05, 4.69) is 5.32 Å². The minimum absolute atomic E-state index is 0.0345. The molecule has 0 radical (unpaired) electrons. The second kappa shape index (κ2) is 11.3. The van der Waals surface area contributed by atoms with E-state index in [1.54, 1.807) is 38.1 Å². The molecule has 1 N–H and O–H groups in total. The Labute approximate surface area is 198 Å². The monoisotopic (exact) mass is 499 g/mol. The highest BCUT2D eigenvalue weighted by Crippen LogP contribution is 2.25. The molecule has 33 heavy (non-hydrogen) atoms. The number of carbonyl (C=O) groups is 2. The van der Waals surface area contributed by atoms with Gasteiger partial charge in [-0.25, -0.2) is 12.8 Å². The van der Waals surface area contributed by atoms with Crippen LogP contribution in [0.5, 0.6) is 5.75 Å². The van der Waals surface area contributed by atoms with Gasteiger partial charge < -0.3 is 15.0 Å². The SMILES string of the molecule is CCNC(=O)C(C)N(Cc1ccc(OC)cc1)C(=O)CN(c1ccc(F)c(Cl)c1)S(C)(=O)=O. The van der Waals surface area contributed by atoms with Gasteiger partial charge in [0.05, 0.1) is 24.1 Å². The third kappa shape index (κ3) is 7.06. The van der Waals surface area contributed by atoms with Crippen molar-refractivity contribution in [1.29, 1.82) is 0 Å². The summed E-state index contributed by atoms with van der Waals surface area (Å²) in [5.74, 6) is -1.08. The van der Waals surface area contributed by atoms with Crippen molar-refractivity contribution in [2.24, 2.45) is 0 Å². The van der Waals surface area contributed by atoms with E-state index in [1.165, 1.54) is 18.1 Å². The van der Waals surface area contributed by atoms with E-state index >= 15 is 0 Å². The maximum absolute atomic E-state index is 13.6. The number of nitrogens with one attached hydrogen (secondary N) is 1. The number of halogens is 2. The molecule has 0 spiro atoms. The Morgan fingerprint density at radius 1 is 1.18 bits per heavy atom. The fourth-order valence-corrected chi connectivity index (χ4v) is 4.10. The topological polar surface area (TPSA) is 96.0 Å². The number of carbonyl (C=O) groups excluding carboxylic acids is 2. The van der Waals surface area contributed by atoms with Gasteiger partial charge in [0.15, 0.2) is 0 Å². The molecule has 1 atom stereocenters. The molecule has 0 aliphatic rings. The number of likely N-dealkylation sites (N-methyl/N-ethyl adjacent to an activating group) is 1. The Morgan fingerprint density at radius 3 is 2.33 bits per heavy atom. The molecule has 1 unspecified atom stereocenters. The third-order valence-corrected chi connectivity index (χ3v) is 6.33. The van der Waals surface area contributed by atoms with Crippen molar-refractivity contribution in [3.63, 3.8) is 0 Å². The van der Waals surface area contributed by atoms with E-state index < -0.39 is 34.3 Å². The summed E-state index contributed by atoms with van der Waals surface area (Å²) in [4.78, 5) is 27.1. The van der Waals surface area contributed by atoms with Crippen LogP contribution < -0.4 is 14.4 Å². The zero-order chi connectivity index (χ0) is 24.8. The molecule has 0 aromatic heterocycles. The fraction of sp³-hybridized carbons (Fsp3) is 0.364. The Kier molecular flexibility index (Phi) is 9.07. The number of methoxy groups -OCH3 is 1. The number of benzene rings is 2. The number of sulfonamides is 1. The van der Waals surface area contributed by atoms with Crippen LogP contribution in [0.1, 0.15) is 19.4 Å². The summed E-state index contributed by atoms with van der Waals surface area (Å²) in [6.07, 6.45) is 0.929. The van der Waals surface area contributed by atoms with Crippen molar-refractivity contribution in [1.82, 2.24) is 10.2 Å². The van der Waals surface area contributed by atoms with Crippen molar-refractivity contribution < 1.29 is 27.1 Å². The highest BCUT2D eigenvalue weighted by atomic mass is 35.5.